The van der Waals surface area contributed by atoms with E-state index in [1.807, 2.05) is 0 Å². The van der Waals surface area contributed by atoms with Crippen LogP contribution in [0.15, 0.2) is 18.3 Å². The second kappa shape index (κ2) is 7.49. The highest BCUT2D eigenvalue weighted by Crippen LogP contribution is 2.34. The third-order valence-corrected chi connectivity index (χ3v) is 3.78. The summed E-state index contributed by atoms with van der Waals surface area (Å²) in [5, 5.41) is 0. The average Bonchev–Trinajstić information content (AvgIpc) is 2.51. The number of carbonyl (C=O) groups excluding carboxylic acids is 1. The molecule has 0 radical (unpaired) electrons. The molecule has 0 N–H and O–H groups in total. The number of hydrogen-bond acceptors (Lipinski definition) is 4. The highest BCUT2D eigenvalue weighted by atomic mass is 19.4. The van der Waals surface area contributed by atoms with Crippen molar-refractivity contribution in [1.29, 1.82) is 0 Å². The van der Waals surface area contributed by atoms with Gasteiger partial charge in [-0.2, -0.15) is 13.2 Å². The Hall–Kier alpha value is -1.99. The van der Waals surface area contributed by atoms with Crippen molar-refractivity contribution in [3.63, 3.8) is 0 Å². The first-order chi connectivity index (χ1) is 11.6. The summed E-state index contributed by atoms with van der Waals surface area (Å²) in [6.45, 7) is 6.58. The van der Waals surface area contributed by atoms with Crippen molar-refractivity contribution in [1.82, 2.24) is 9.88 Å². The third kappa shape index (κ3) is 5.79. The van der Waals surface area contributed by atoms with E-state index in [1.54, 1.807) is 25.7 Å². The molecule has 8 heteroatoms. The number of ether oxygens (including phenoxy) is 2. The van der Waals surface area contributed by atoms with E-state index in [0.29, 0.717) is 25.9 Å². The van der Waals surface area contributed by atoms with Gasteiger partial charge >= 0.3 is 12.3 Å². The maximum Gasteiger partial charge on any atom is 0.437 e. The van der Waals surface area contributed by atoms with Crippen LogP contribution < -0.4 is 4.74 Å². The molecule has 0 atom stereocenters. The summed E-state index contributed by atoms with van der Waals surface area (Å²) in [6, 6.07) is 2.68. The zero-order chi connectivity index (χ0) is 18.7. The second-order valence-corrected chi connectivity index (χ2v) is 7.07. The molecule has 1 amide bonds. The lowest BCUT2D eigenvalue weighted by Gasteiger charge is -2.33. The Bertz CT molecular complexity index is 592. The lowest BCUT2D eigenvalue weighted by atomic mass is 9.98. The number of rotatable bonds is 3. The van der Waals surface area contributed by atoms with Gasteiger partial charge in [0.25, 0.3) is 0 Å². The van der Waals surface area contributed by atoms with Crippen LogP contribution in [0, 0.1) is 5.92 Å². The highest BCUT2D eigenvalue weighted by molar-refractivity contribution is 5.68. The number of pyridine rings is 1. The Morgan fingerprint density at radius 2 is 1.92 bits per heavy atom. The van der Waals surface area contributed by atoms with E-state index in [2.05, 4.69) is 4.98 Å². The maximum absolute atomic E-state index is 12.9. The van der Waals surface area contributed by atoms with Gasteiger partial charge in [-0.1, -0.05) is 0 Å². The predicted octanol–water partition coefficient (Wildman–Crippen LogP) is 4.13. The van der Waals surface area contributed by atoms with Crippen LogP contribution in [0.4, 0.5) is 18.0 Å². The normalized spacial score (nSPS) is 16.6. The number of nitrogens with zero attached hydrogens (tertiary/aromatic N) is 2. The van der Waals surface area contributed by atoms with E-state index in [4.69, 9.17) is 9.47 Å². The summed E-state index contributed by atoms with van der Waals surface area (Å²) in [5.41, 5.74) is -1.56. The number of hydrogen-bond donors (Lipinski definition) is 0. The first-order valence-corrected chi connectivity index (χ1v) is 8.19. The molecule has 0 aliphatic carbocycles. The third-order valence-electron chi connectivity index (χ3n) is 3.78. The molecule has 1 saturated heterocycles. The van der Waals surface area contributed by atoms with Gasteiger partial charge in [0.2, 0.25) is 0 Å². The molecule has 25 heavy (non-hydrogen) atoms. The molecule has 1 aromatic heterocycles. The Kier molecular flexibility index (Phi) is 5.80. The molecule has 1 aromatic rings. The Morgan fingerprint density at radius 3 is 2.48 bits per heavy atom. The van der Waals surface area contributed by atoms with Gasteiger partial charge in [-0.25, -0.2) is 9.78 Å². The Labute approximate surface area is 145 Å². The van der Waals surface area contributed by atoms with Crippen LogP contribution in [-0.2, 0) is 10.9 Å². The van der Waals surface area contributed by atoms with Crippen LogP contribution in [0.1, 0.15) is 39.3 Å². The largest absolute Gasteiger partial charge is 0.491 e. The molecule has 140 valence electrons. The topological polar surface area (TPSA) is 51.7 Å². The lowest BCUT2D eigenvalue weighted by Crippen LogP contribution is -2.42. The van der Waals surface area contributed by atoms with Crippen molar-refractivity contribution < 1.29 is 27.4 Å². The summed E-state index contributed by atoms with van der Waals surface area (Å²) < 4.78 is 49.3. The van der Waals surface area contributed by atoms with Crippen molar-refractivity contribution in [2.24, 2.45) is 5.92 Å². The summed E-state index contributed by atoms with van der Waals surface area (Å²) in [7, 11) is 0. The summed E-state index contributed by atoms with van der Waals surface area (Å²) in [4.78, 5) is 17.0. The minimum absolute atomic E-state index is 0.0833. The Morgan fingerprint density at radius 1 is 1.28 bits per heavy atom. The number of amides is 1. The minimum atomic E-state index is -4.54. The first-order valence-electron chi connectivity index (χ1n) is 8.19. The Balaban J connectivity index is 1.85. The van der Waals surface area contributed by atoms with Crippen LogP contribution in [0.3, 0.4) is 0 Å². The molecule has 1 fully saturated rings. The smallest absolute Gasteiger partial charge is 0.437 e. The van der Waals surface area contributed by atoms with E-state index in [-0.39, 0.29) is 24.4 Å². The summed E-state index contributed by atoms with van der Waals surface area (Å²) in [6.07, 6.45) is -2.51. The average molecular weight is 360 g/mol. The summed E-state index contributed by atoms with van der Waals surface area (Å²) in [5.74, 6) is -0.176. The van der Waals surface area contributed by atoms with Crippen molar-refractivity contribution in [2.75, 3.05) is 19.7 Å². The predicted molar refractivity (Wildman–Crippen MR) is 85.3 cm³/mol. The van der Waals surface area contributed by atoms with Gasteiger partial charge in [-0.05, 0) is 51.7 Å². The standard InChI is InChI=1S/C17H23F3N2O3/c1-16(2,3)25-15(23)22-9-6-12(7-10-22)11-24-13-5-4-8-21-14(13)17(18,19)20/h4-5,8,12H,6-7,9-11H2,1-3H3. The fourth-order valence-corrected chi connectivity index (χ4v) is 2.54. The van der Waals surface area contributed by atoms with Gasteiger partial charge in [0.1, 0.15) is 11.4 Å². The minimum Gasteiger partial charge on any atom is -0.491 e. The number of halogens is 3. The van der Waals surface area contributed by atoms with Crippen LogP contribution in [0.5, 0.6) is 5.75 Å². The first kappa shape index (κ1) is 19.3. The molecule has 1 aliphatic rings. The molecule has 0 aromatic carbocycles. The van der Waals surface area contributed by atoms with E-state index < -0.39 is 17.5 Å². The van der Waals surface area contributed by atoms with Crippen LogP contribution in [0.2, 0.25) is 0 Å². The number of alkyl halides is 3. The van der Waals surface area contributed by atoms with E-state index >= 15 is 0 Å². The number of likely N-dealkylation sites (tertiary alicyclic amines) is 1. The molecule has 0 spiro atoms. The molecular weight excluding hydrogens is 337 g/mol. The lowest BCUT2D eigenvalue weighted by molar-refractivity contribution is -0.142. The maximum atomic E-state index is 12.9. The van der Waals surface area contributed by atoms with Crippen LogP contribution in [0.25, 0.3) is 0 Å². The number of piperidine rings is 1. The molecule has 0 bridgehead atoms. The van der Waals surface area contributed by atoms with Gasteiger partial charge in [0.05, 0.1) is 6.61 Å². The molecule has 0 saturated carbocycles. The summed E-state index contributed by atoms with van der Waals surface area (Å²) >= 11 is 0. The molecule has 1 aliphatic heterocycles. The van der Waals surface area contributed by atoms with Crippen molar-refractivity contribution in [3.05, 3.63) is 24.0 Å². The number of carbonyl (C=O) groups is 1. The van der Waals surface area contributed by atoms with E-state index in [1.165, 1.54) is 12.1 Å². The van der Waals surface area contributed by atoms with Gasteiger partial charge in [0.15, 0.2) is 5.69 Å². The van der Waals surface area contributed by atoms with E-state index in [9.17, 15) is 18.0 Å². The van der Waals surface area contributed by atoms with E-state index in [0.717, 1.165) is 6.20 Å². The van der Waals surface area contributed by atoms with Gasteiger partial charge in [-0.15, -0.1) is 0 Å². The van der Waals surface area contributed by atoms with Crippen molar-refractivity contribution in [3.8, 4) is 5.75 Å². The van der Waals surface area contributed by atoms with Gasteiger partial charge < -0.3 is 14.4 Å². The number of aromatic nitrogens is 1. The molecule has 0 unspecified atom stereocenters. The quantitative estimate of drug-likeness (QED) is 0.813. The SMILES string of the molecule is CC(C)(C)OC(=O)N1CCC(COc2cccnc2C(F)(F)F)CC1. The van der Waals surface area contributed by atoms with Crippen molar-refractivity contribution in [2.45, 2.75) is 45.4 Å². The van der Waals surface area contributed by atoms with Gasteiger partial charge in [-0.3, -0.25) is 0 Å². The highest BCUT2D eigenvalue weighted by Gasteiger charge is 2.36. The molecule has 2 heterocycles. The molecule has 2 rings (SSSR count). The zero-order valence-electron chi connectivity index (χ0n) is 14.6. The zero-order valence-corrected chi connectivity index (χ0v) is 14.6. The van der Waals surface area contributed by atoms with Crippen LogP contribution >= 0.6 is 0 Å². The van der Waals surface area contributed by atoms with Crippen LogP contribution in [-0.4, -0.2) is 41.3 Å². The van der Waals surface area contributed by atoms with Crippen molar-refractivity contribution >= 4 is 6.09 Å². The molecular formula is C17H23F3N2O3. The fraction of sp³-hybridized carbons (Fsp3) is 0.647. The second-order valence-electron chi connectivity index (χ2n) is 7.07. The van der Waals surface area contributed by atoms with Gasteiger partial charge in [0, 0.05) is 19.3 Å². The monoisotopic (exact) mass is 360 g/mol. The molecule has 5 nitrogen and oxygen atoms in total. The fourth-order valence-electron chi connectivity index (χ4n) is 2.54.